The molecule has 2 aromatic rings. The lowest BCUT2D eigenvalue weighted by molar-refractivity contribution is 0.104. The molecule has 102 valence electrons. The highest BCUT2D eigenvalue weighted by Crippen LogP contribution is 2.10. The van der Waals surface area contributed by atoms with Crippen molar-refractivity contribution in [3.63, 3.8) is 0 Å². The van der Waals surface area contributed by atoms with Gasteiger partial charge in [-0.2, -0.15) is 0 Å². The highest BCUT2D eigenvalue weighted by Gasteiger charge is 1.96. The second-order valence-electron chi connectivity index (χ2n) is 4.29. The molecule has 1 aromatic carbocycles. The molecule has 0 amide bonds. The predicted octanol–water partition coefficient (Wildman–Crippen LogP) is 3.74. The molecule has 0 saturated carbocycles. The monoisotopic (exact) mass is 323 g/mol. The van der Waals surface area contributed by atoms with Crippen LogP contribution in [-0.4, -0.2) is 13.2 Å². The van der Waals surface area contributed by atoms with Crippen LogP contribution in [0.4, 0.5) is 0 Å². The van der Waals surface area contributed by atoms with E-state index in [2.05, 4.69) is 45.5 Å². The highest BCUT2D eigenvalue weighted by molar-refractivity contribution is 9.10. The SMILES string of the molecule is Brc1ccc(CNCCCOCc2ccco2)cc1. The first-order chi connectivity index (χ1) is 9.34. The Balaban J connectivity index is 1.49. The van der Waals surface area contributed by atoms with Gasteiger partial charge in [-0.3, -0.25) is 0 Å². The van der Waals surface area contributed by atoms with Crippen LogP contribution in [-0.2, 0) is 17.9 Å². The van der Waals surface area contributed by atoms with Crippen LogP contribution in [0.1, 0.15) is 17.7 Å². The molecule has 0 bridgehead atoms. The molecule has 0 fully saturated rings. The number of hydrogen-bond donors (Lipinski definition) is 1. The largest absolute Gasteiger partial charge is 0.467 e. The normalized spacial score (nSPS) is 10.8. The van der Waals surface area contributed by atoms with Crippen molar-refractivity contribution in [3.05, 3.63) is 58.5 Å². The van der Waals surface area contributed by atoms with Crippen LogP contribution in [0.25, 0.3) is 0 Å². The van der Waals surface area contributed by atoms with Crippen molar-refractivity contribution in [2.24, 2.45) is 0 Å². The Labute approximate surface area is 122 Å². The van der Waals surface area contributed by atoms with Crippen LogP contribution >= 0.6 is 15.9 Å². The summed E-state index contributed by atoms with van der Waals surface area (Å²) in [5.74, 6) is 0.878. The molecule has 2 rings (SSSR count). The summed E-state index contributed by atoms with van der Waals surface area (Å²) in [5, 5.41) is 3.40. The number of halogens is 1. The first kappa shape index (κ1) is 14.3. The van der Waals surface area contributed by atoms with E-state index < -0.39 is 0 Å². The first-order valence-electron chi connectivity index (χ1n) is 6.40. The molecule has 1 heterocycles. The molecule has 0 spiro atoms. The maximum atomic E-state index is 5.51. The third-order valence-corrected chi connectivity index (χ3v) is 3.24. The van der Waals surface area contributed by atoms with E-state index in [1.807, 2.05) is 12.1 Å². The Morgan fingerprint density at radius 1 is 1.16 bits per heavy atom. The fourth-order valence-corrected chi connectivity index (χ4v) is 1.97. The van der Waals surface area contributed by atoms with E-state index in [4.69, 9.17) is 9.15 Å². The van der Waals surface area contributed by atoms with Crippen LogP contribution in [0.15, 0.2) is 51.6 Å². The molecule has 1 aromatic heterocycles. The first-order valence-corrected chi connectivity index (χ1v) is 7.19. The van der Waals surface area contributed by atoms with Gasteiger partial charge < -0.3 is 14.5 Å². The molecule has 4 heteroatoms. The van der Waals surface area contributed by atoms with E-state index >= 15 is 0 Å². The summed E-state index contributed by atoms with van der Waals surface area (Å²) in [6, 6.07) is 12.1. The van der Waals surface area contributed by atoms with Gasteiger partial charge in [-0.1, -0.05) is 28.1 Å². The number of rotatable bonds is 8. The van der Waals surface area contributed by atoms with Crippen molar-refractivity contribution in [1.29, 1.82) is 0 Å². The Bertz CT molecular complexity index is 454. The predicted molar refractivity (Wildman–Crippen MR) is 78.8 cm³/mol. The zero-order valence-electron chi connectivity index (χ0n) is 10.8. The average molecular weight is 324 g/mol. The van der Waals surface area contributed by atoms with Crippen LogP contribution < -0.4 is 5.32 Å². The maximum Gasteiger partial charge on any atom is 0.129 e. The van der Waals surface area contributed by atoms with Gasteiger partial charge in [-0.25, -0.2) is 0 Å². The Morgan fingerprint density at radius 2 is 2.00 bits per heavy atom. The van der Waals surface area contributed by atoms with Gasteiger partial charge in [0.2, 0.25) is 0 Å². The molecule has 0 atom stereocenters. The lowest BCUT2D eigenvalue weighted by Gasteiger charge is -2.05. The second-order valence-corrected chi connectivity index (χ2v) is 5.20. The summed E-state index contributed by atoms with van der Waals surface area (Å²) in [4.78, 5) is 0. The lowest BCUT2D eigenvalue weighted by Crippen LogP contribution is -2.16. The Hall–Kier alpha value is -1.10. The second kappa shape index (κ2) is 8.15. The summed E-state index contributed by atoms with van der Waals surface area (Å²) in [5.41, 5.74) is 1.29. The van der Waals surface area contributed by atoms with E-state index in [-0.39, 0.29) is 0 Å². The third-order valence-electron chi connectivity index (χ3n) is 2.71. The van der Waals surface area contributed by atoms with Crippen molar-refractivity contribution < 1.29 is 9.15 Å². The van der Waals surface area contributed by atoms with Crippen LogP contribution in [0.3, 0.4) is 0 Å². The number of furan rings is 1. The van der Waals surface area contributed by atoms with E-state index in [0.29, 0.717) is 6.61 Å². The van der Waals surface area contributed by atoms with Crippen molar-refractivity contribution in [2.75, 3.05) is 13.2 Å². The van der Waals surface area contributed by atoms with Gasteiger partial charge in [0.25, 0.3) is 0 Å². The molecule has 0 aliphatic rings. The summed E-state index contributed by atoms with van der Waals surface area (Å²) in [6.45, 7) is 3.15. The van der Waals surface area contributed by atoms with Crippen molar-refractivity contribution >= 4 is 15.9 Å². The fraction of sp³-hybridized carbons (Fsp3) is 0.333. The summed E-state index contributed by atoms with van der Waals surface area (Å²) >= 11 is 3.43. The minimum absolute atomic E-state index is 0.555. The molecule has 0 saturated heterocycles. The number of ether oxygens (including phenoxy) is 1. The Morgan fingerprint density at radius 3 is 2.74 bits per heavy atom. The van der Waals surface area contributed by atoms with Crippen LogP contribution in [0.2, 0.25) is 0 Å². The highest BCUT2D eigenvalue weighted by atomic mass is 79.9. The Kier molecular flexibility index (Phi) is 6.14. The number of benzene rings is 1. The smallest absolute Gasteiger partial charge is 0.129 e. The van der Waals surface area contributed by atoms with Crippen LogP contribution in [0.5, 0.6) is 0 Å². The van der Waals surface area contributed by atoms with Gasteiger partial charge in [0, 0.05) is 17.6 Å². The standard InChI is InChI=1S/C15H18BrNO2/c16-14-6-4-13(5-7-14)11-17-8-2-9-18-12-15-3-1-10-19-15/h1,3-7,10,17H,2,8-9,11-12H2. The molecule has 0 aliphatic heterocycles. The van der Waals surface area contributed by atoms with Gasteiger partial charge in [0.1, 0.15) is 12.4 Å². The van der Waals surface area contributed by atoms with E-state index in [0.717, 1.165) is 36.4 Å². The van der Waals surface area contributed by atoms with Gasteiger partial charge >= 0.3 is 0 Å². The molecule has 0 unspecified atom stereocenters. The molecule has 19 heavy (non-hydrogen) atoms. The average Bonchev–Trinajstić information content (AvgIpc) is 2.93. The molecule has 0 radical (unpaired) electrons. The van der Waals surface area contributed by atoms with Gasteiger partial charge in [-0.15, -0.1) is 0 Å². The maximum absolute atomic E-state index is 5.51. The minimum Gasteiger partial charge on any atom is -0.467 e. The van der Waals surface area contributed by atoms with Crippen LogP contribution in [0, 0.1) is 0 Å². The zero-order valence-corrected chi connectivity index (χ0v) is 12.4. The molecular formula is C15H18BrNO2. The van der Waals surface area contributed by atoms with E-state index in [9.17, 15) is 0 Å². The van der Waals surface area contributed by atoms with E-state index in [1.54, 1.807) is 6.26 Å². The number of hydrogen-bond acceptors (Lipinski definition) is 3. The summed E-state index contributed by atoms with van der Waals surface area (Å²) < 4.78 is 11.8. The fourth-order valence-electron chi connectivity index (χ4n) is 1.70. The van der Waals surface area contributed by atoms with Gasteiger partial charge in [-0.05, 0) is 42.8 Å². The lowest BCUT2D eigenvalue weighted by atomic mass is 10.2. The molecular weight excluding hydrogens is 306 g/mol. The summed E-state index contributed by atoms with van der Waals surface area (Å²) in [6.07, 6.45) is 2.66. The van der Waals surface area contributed by atoms with Crippen molar-refractivity contribution in [1.82, 2.24) is 5.32 Å². The number of nitrogens with one attached hydrogen (secondary N) is 1. The zero-order chi connectivity index (χ0) is 13.3. The summed E-state index contributed by atoms with van der Waals surface area (Å²) in [7, 11) is 0. The quantitative estimate of drug-likeness (QED) is 0.751. The van der Waals surface area contributed by atoms with Gasteiger partial charge in [0.15, 0.2) is 0 Å². The third kappa shape index (κ3) is 5.59. The topological polar surface area (TPSA) is 34.4 Å². The van der Waals surface area contributed by atoms with Crippen molar-refractivity contribution in [3.8, 4) is 0 Å². The molecule has 0 aliphatic carbocycles. The van der Waals surface area contributed by atoms with Gasteiger partial charge in [0.05, 0.1) is 6.26 Å². The minimum atomic E-state index is 0.555. The molecule has 1 N–H and O–H groups in total. The van der Waals surface area contributed by atoms with Crippen molar-refractivity contribution in [2.45, 2.75) is 19.6 Å². The van der Waals surface area contributed by atoms with E-state index in [1.165, 1.54) is 5.56 Å². The molecule has 3 nitrogen and oxygen atoms in total.